The maximum absolute atomic E-state index is 10.6. The summed E-state index contributed by atoms with van der Waals surface area (Å²) < 4.78 is 0. The van der Waals surface area contributed by atoms with Crippen molar-refractivity contribution in [1.82, 2.24) is 10.2 Å². The Bertz CT molecular complexity index is 138. The molecule has 10 heavy (non-hydrogen) atoms. The normalized spacial score (nSPS) is 26.5. The van der Waals surface area contributed by atoms with Gasteiger partial charge in [0.15, 0.2) is 0 Å². The van der Waals surface area contributed by atoms with Crippen LogP contribution < -0.4 is 16.8 Å². The summed E-state index contributed by atoms with van der Waals surface area (Å²) in [6.07, 6.45) is -0.258. The SMILES string of the molecule is NC(=O)N1CCNCC1N. The first-order chi connectivity index (χ1) is 4.72. The summed E-state index contributed by atoms with van der Waals surface area (Å²) in [6.45, 7) is 2.01. The Kier molecular flexibility index (Phi) is 2.08. The fraction of sp³-hybridized carbons (Fsp3) is 0.800. The highest BCUT2D eigenvalue weighted by Gasteiger charge is 2.20. The number of piperazine rings is 1. The Hall–Kier alpha value is -0.810. The van der Waals surface area contributed by atoms with E-state index in [0.29, 0.717) is 13.1 Å². The summed E-state index contributed by atoms with van der Waals surface area (Å²) in [7, 11) is 0. The van der Waals surface area contributed by atoms with E-state index in [1.165, 1.54) is 4.90 Å². The number of nitrogens with zero attached hydrogens (tertiary/aromatic N) is 1. The first-order valence-electron chi connectivity index (χ1n) is 3.24. The molecule has 5 N–H and O–H groups in total. The van der Waals surface area contributed by atoms with Gasteiger partial charge in [0.05, 0.1) is 6.17 Å². The van der Waals surface area contributed by atoms with Crippen LogP contribution in [-0.2, 0) is 0 Å². The van der Waals surface area contributed by atoms with Crippen LogP contribution >= 0.6 is 0 Å². The van der Waals surface area contributed by atoms with Crippen LogP contribution in [0.1, 0.15) is 0 Å². The standard InChI is InChI=1S/C5H12N4O/c6-4-3-8-1-2-9(4)5(7)10/h4,8H,1-3,6H2,(H2,7,10). The van der Waals surface area contributed by atoms with Gasteiger partial charge in [0.1, 0.15) is 0 Å². The largest absolute Gasteiger partial charge is 0.351 e. The summed E-state index contributed by atoms with van der Waals surface area (Å²) >= 11 is 0. The van der Waals surface area contributed by atoms with Gasteiger partial charge in [-0.3, -0.25) is 0 Å². The molecule has 1 rings (SSSR count). The molecule has 1 unspecified atom stereocenters. The van der Waals surface area contributed by atoms with Crippen LogP contribution in [-0.4, -0.2) is 36.7 Å². The lowest BCUT2D eigenvalue weighted by Crippen LogP contribution is -2.59. The Morgan fingerprint density at radius 3 is 2.80 bits per heavy atom. The predicted molar refractivity (Wildman–Crippen MR) is 37.1 cm³/mol. The lowest BCUT2D eigenvalue weighted by Gasteiger charge is -2.31. The molecule has 0 aromatic heterocycles. The maximum Gasteiger partial charge on any atom is 0.316 e. The van der Waals surface area contributed by atoms with E-state index in [0.717, 1.165) is 6.54 Å². The van der Waals surface area contributed by atoms with Gasteiger partial charge in [-0.25, -0.2) is 4.79 Å². The molecule has 0 radical (unpaired) electrons. The third-order valence-electron chi connectivity index (χ3n) is 1.57. The molecule has 1 saturated heterocycles. The number of hydrogen-bond donors (Lipinski definition) is 3. The van der Waals surface area contributed by atoms with Gasteiger partial charge in [-0.05, 0) is 0 Å². The van der Waals surface area contributed by atoms with E-state index in [1.807, 2.05) is 0 Å². The van der Waals surface area contributed by atoms with Crippen LogP contribution in [0.2, 0.25) is 0 Å². The number of rotatable bonds is 0. The molecule has 0 bridgehead atoms. The Labute approximate surface area is 59.3 Å². The second-order valence-electron chi connectivity index (χ2n) is 2.30. The molecule has 5 nitrogen and oxygen atoms in total. The van der Waals surface area contributed by atoms with Crippen LogP contribution in [0.3, 0.4) is 0 Å². The fourth-order valence-electron chi connectivity index (χ4n) is 0.999. The summed E-state index contributed by atoms with van der Waals surface area (Å²) in [5, 5.41) is 3.04. The van der Waals surface area contributed by atoms with Gasteiger partial charge >= 0.3 is 6.03 Å². The molecular weight excluding hydrogens is 132 g/mol. The Balaban J connectivity index is 2.47. The number of urea groups is 1. The van der Waals surface area contributed by atoms with Gasteiger partial charge in [-0.2, -0.15) is 0 Å². The second-order valence-corrected chi connectivity index (χ2v) is 2.30. The number of primary amides is 1. The molecular formula is C5H12N4O. The highest BCUT2D eigenvalue weighted by molar-refractivity contribution is 5.72. The average Bonchev–Trinajstić information content (AvgIpc) is 1.88. The Morgan fingerprint density at radius 1 is 1.70 bits per heavy atom. The minimum absolute atomic E-state index is 0.258. The highest BCUT2D eigenvalue weighted by Crippen LogP contribution is 1.95. The zero-order valence-electron chi connectivity index (χ0n) is 5.71. The molecule has 0 saturated carbocycles. The summed E-state index contributed by atoms with van der Waals surface area (Å²) in [4.78, 5) is 12.1. The number of carbonyl (C=O) groups excluding carboxylic acids is 1. The van der Waals surface area contributed by atoms with Crippen molar-refractivity contribution in [1.29, 1.82) is 0 Å². The smallest absolute Gasteiger partial charge is 0.316 e. The van der Waals surface area contributed by atoms with Crippen molar-refractivity contribution in [2.45, 2.75) is 6.17 Å². The van der Waals surface area contributed by atoms with Crippen LogP contribution in [0.4, 0.5) is 4.79 Å². The quantitative estimate of drug-likeness (QED) is 0.377. The average molecular weight is 144 g/mol. The molecule has 0 aromatic rings. The first-order valence-corrected chi connectivity index (χ1v) is 3.24. The lowest BCUT2D eigenvalue weighted by molar-refractivity contribution is 0.169. The van der Waals surface area contributed by atoms with Crippen molar-refractivity contribution < 1.29 is 4.79 Å². The number of amides is 2. The number of nitrogens with two attached hydrogens (primary N) is 2. The minimum Gasteiger partial charge on any atom is -0.351 e. The van der Waals surface area contributed by atoms with Crippen LogP contribution in [0.25, 0.3) is 0 Å². The molecule has 2 amide bonds. The van der Waals surface area contributed by atoms with Gasteiger partial charge in [-0.1, -0.05) is 0 Å². The van der Waals surface area contributed by atoms with E-state index in [1.54, 1.807) is 0 Å². The van der Waals surface area contributed by atoms with Crippen LogP contribution in [0.5, 0.6) is 0 Å². The van der Waals surface area contributed by atoms with Gasteiger partial charge in [0, 0.05) is 19.6 Å². The second kappa shape index (κ2) is 2.85. The predicted octanol–water partition coefficient (Wildman–Crippen LogP) is -1.74. The fourth-order valence-corrected chi connectivity index (χ4v) is 0.999. The monoisotopic (exact) mass is 144 g/mol. The van der Waals surface area contributed by atoms with E-state index in [4.69, 9.17) is 11.5 Å². The lowest BCUT2D eigenvalue weighted by atomic mass is 10.3. The maximum atomic E-state index is 10.6. The van der Waals surface area contributed by atoms with Gasteiger partial charge < -0.3 is 21.7 Å². The zero-order valence-corrected chi connectivity index (χ0v) is 5.71. The summed E-state index contributed by atoms with van der Waals surface area (Å²) in [6, 6.07) is -0.436. The topological polar surface area (TPSA) is 84.4 Å². The van der Waals surface area contributed by atoms with Crippen molar-refractivity contribution in [3.8, 4) is 0 Å². The molecule has 1 fully saturated rings. The summed E-state index contributed by atoms with van der Waals surface area (Å²) in [5.41, 5.74) is 10.6. The van der Waals surface area contributed by atoms with E-state index in [-0.39, 0.29) is 6.17 Å². The molecule has 58 valence electrons. The number of carbonyl (C=O) groups is 1. The van der Waals surface area contributed by atoms with Crippen molar-refractivity contribution in [2.24, 2.45) is 11.5 Å². The van der Waals surface area contributed by atoms with E-state index < -0.39 is 6.03 Å². The minimum atomic E-state index is -0.436. The van der Waals surface area contributed by atoms with Crippen LogP contribution in [0, 0.1) is 0 Å². The van der Waals surface area contributed by atoms with Gasteiger partial charge in [-0.15, -0.1) is 0 Å². The number of hydrogen-bond acceptors (Lipinski definition) is 3. The molecule has 1 aliphatic rings. The molecule has 1 aliphatic heterocycles. The molecule has 0 aromatic carbocycles. The Morgan fingerprint density at radius 2 is 2.40 bits per heavy atom. The highest BCUT2D eigenvalue weighted by atomic mass is 16.2. The van der Waals surface area contributed by atoms with E-state index in [9.17, 15) is 4.79 Å². The number of nitrogens with one attached hydrogen (secondary N) is 1. The molecule has 0 aliphatic carbocycles. The van der Waals surface area contributed by atoms with Crippen molar-refractivity contribution >= 4 is 6.03 Å². The molecule has 1 atom stereocenters. The van der Waals surface area contributed by atoms with Crippen LogP contribution in [0.15, 0.2) is 0 Å². The molecule has 0 spiro atoms. The third kappa shape index (κ3) is 1.37. The van der Waals surface area contributed by atoms with Gasteiger partial charge in [0.25, 0.3) is 0 Å². The van der Waals surface area contributed by atoms with Gasteiger partial charge in [0.2, 0.25) is 0 Å². The van der Waals surface area contributed by atoms with Crippen molar-refractivity contribution in [2.75, 3.05) is 19.6 Å². The van der Waals surface area contributed by atoms with E-state index >= 15 is 0 Å². The third-order valence-corrected chi connectivity index (χ3v) is 1.57. The zero-order chi connectivity index (χ0) is 7.56. The first kappa shape index (κ1) is 7.30. The van der Waals surface area contributed by atoms with Crippen molar-refractivity contribution in [3.63, 3.8) is 0 Å². The molecule has 1 heterocycles. The van der Waals surface area contributed by atoms with E-state index in [2.05, 4.69) is 5.32 Å². The summed E-state index contributed by atoms with van der Waals surface area (Å²) in [5.74, 6) is 0. The van der Waals surface area contributed by atoms with Crippen molar-refractivity contribution in [3.05, 3.63) is 0 Å². The molecule has 5 heteroatoms.